The van der Waals surface area contributed by atoms with Crippen LogP contribution in [0.5, 0.6) is 23.0 Å². The van der Waals surface area contributed by atoms with Crippen molar-refractivity contribution < 1.29 is 43.1 Å². The minimum Gasteiger partial charge on any atom is -0.497 e. The lowest BCUT2D eigenvalue weighted by atomic mass is 9.84. The zero-order chi connectivity index (χ0) is 34.4. The van der Waals surface area contributed by atoms with Crippen molar-refractivity contribution >= 4 is 6.09 Å². The molecular formula is C39H45NO9. The van der Waals surface area contributed by atoms with Gasteiger partial charge < -0.3 is 43.2 Å². The van der Waals surface area contributed by atoms with Gasteiger partial charge in [0.05, 0.1) is 79.7 Å². The minimum atomic E-state index is -1.01. The number of nitrogens with zero attached hydrogens (tertiary/aromatic N) is 1. The molecular weight excluding hydrogens is 626 g/mol. The lowest BCUT2D eigenvalue weighted by Gasteiger charge is -2.42. The SMILES string of the molecule is COc1ccc(COC2CN(C(=O)O)CC(OCc3ccc(OC)cc3)C2c2ccc(OCCCOCc3ccccc3OC)cc2)cc1. The van der Waals surface area contributed by atoms with Gasteiger partial charge in [0.2, 0.25) is 0 Å². The van der Waals surface area contributed by atoms with Crippen molar-refractivity contribution in [1.29, 1.82) is 0 Å². The first-order valence-electron chi connectivity index (χ1n) is 16.4. The average molecular weight is 672 g/mol. The van der Waals surface area contributed by atoms with E-state index < -0.39 is 18.3 Å². The molecule has 4 aromatic carbocycles. The number of carboxylic acid groups (broad SMARTS) is 1. The zero-order valence-corrected chi connectivity index (χ0v) is 28.3. The molecule has 0 bridgehead atoms. The number of ether oxygens (including phenoxy) is 7. The number of hydrogen-bond acceptors (Lipinski definition) is 8. The highest BCUT2D eigenvalue weighted by molar-refractivity contribution is 5.65. The summed E-state index contributed by atoms with van der Waals surface area (Å²) >= 11 is 0. The molecule has 260 valence electrons. The highest BCUT2D eigenvalue weighted by Gasteiger charge is 2.41. The lowest BCUT2D eigenvalue weighted by molar-refractivity contribution is -0.0937. The first-order chi connectivity index (χ1) is 24.0. The molecule has 1 saturated heterocycles. The monoisotopic (exact) mass is 671 g/mol. The van der Waals surface area contributed by atoms with Crippen molar-refractivity contribution in [2.24, 2.45) is 0 Å². The fourth-order valence-corrected chi connectivity index (χ4v) is 5.87. The average Bonchev–Trinajstić information content (AvgIpc) is 3.15. The van der Waals surface area contributed by atoms with E-state index in [0.717, 1.165) is 51.7 Å². The summed E-state index contributed by atoms with van der Waals surface area (Å²) in [5.41, 5.74) is 3.90. The fraction of sp³-hybridized carbons (Fsp3) is 0.359. The maximum absolute atomic E-state index is 12.2. The summed E-state index contributed by atoms with van der Waals surface area (Å²) in [7, 11) is 4.91. The second-order valence-electron chi connectivity index (χ2n) is 11.7. The molecule has 0 aromatic heterocycles. The summed E-state index contributed by atoms with van der Waals surface area (Å²) in [4.78, 5) is 13.6. The van der Waals surface area contributed by atoms with Gasteiger partial charge in [-0.1, -0.05) is 54.6 Å². The molecule has 1 amide bonds. The maximum atomic E-state index is 12.2. The summed E-state index contributed by atoms with van der Waals surface area (Å²) in [5.74, 6) is 2.83. The Kier molecular flexibility index (Phi) is 13.1. The van der Waals surface area contributed by atoms with Gasteiger partial charge in [-0.25, -0.2) is 4.79 Å². The Balaban J connectivity index is 1.25. The number of rotatable bonds is 17. The van der Waals surface area contributed by atoms with Gasteiger partial charge >= 0.3 is 6.09 Å². The van der Waals surface area contributed by atoms with Crippen LogP contribution in [0.3, 0.4) is 0 Å². The van der Waals surface area contributed by atoms with Crippen LogP contribution in [-0.2, 0) is 34.0 Å². The van der Waals surface area contributed by atoms with Crippen molar-refractivity contribution in [1.82, 2.24) is 4.90 Å². The number of benzene rings is 4. The third-order valence-corrected chi connectivity index (χ3v) is 8.54. The third kappa shape index (κ3) is 10.1. The van der Waals surface area contributed by atoms with Gasteiger partial charge in [-0.3, -0.25) is 0 Å². The van der Waals surface area contributed by atoms with Gasteiger partial charge in [0, 0.05) is 17.9 Å². The molecule has 0 spiro atoms. The van der Waals surface area contributed by atoms with Crippen LogP contribution in [0.25, 0.3) is 0 Å². The summed E-state index contributed by atoms with van der Waals surface area (Å²) in [6, 6.07) is 31.0. The minimum absolute atomic E-state index is 0.214. The molecule has 4 aromatic rings. The van der Waals surface area contributed by atoms with Crippen LogP contribution in [0, 0.1) is 0 Å². The number of carbonyl (C=O) groups is 1. The Hall–Kier alpha value is -4.77. The summed E-state index contributed by atoms with van der Waals surface area (Å²) in [6.45, 7) is 2.58. The Morgan fingerprint density at radius 1 is 0.673 bits per heavy atom. The summed E-state index contributed by atoms with van der Waals surface area (Å²) < 4.78 is 40.8. The summed E-state index contributed by atoms with van der Waals surface area (Å²) in [5, 5.41) is 10.0. The van der Waals surface area contributed by atoms with Crippen molar-refractivity contribution in [3.8, 4) is 23.0 Å². The standard InChI is InChI=1S/C39H45NO9/c1-43-32-15-9-28(10-16-32)25-48-36-23-40(39(41)42)24-37(49-26-29-11-17-33(44-2)18-12-29)38(36)30-13-19-34(20-14-30)47-22-6-21-46-27-31-7-4-5-8-35(31)45-3/h4-5,7-20,36-38H,6,21-27H2,1-3H3,(H,41,42). The molecule has 1 aliphatic heterocycles. The van der Waals surface area contributed by atoms with Crippen LogP contribution >= 0.6 is 0 Å². The van der Waals surface area contributed by atoms with Crippen LogP contribution in [0.2, 0.25) is 0 Å². The second-order valence-corrected chi connectivity index (χ2v) is 11.7. The molecule has 10 heteroatoms. The van der Waals surface area contributed by atoms with Crippen LogP contribution in [0.4, 0.5) is 4.79 Å². The molecule has 0 saturated carbocycles. The quantitative estimate of drug-likeness (QED) is 0.120. The second kappa shape index (κ2) is 18.1. The van der Waals surface area contributed by atoms with E-state index in [2.05, 4.69) is 0 Å². The van der Waals surface area contributed by atoms with E-state index in [1.807, 2.05) is 97.1 Å². The van der Waals surface area contributed by atoms with E-state index in [1.54, 1.807) is 21.3 Å². The van der Waals surface area contributed by atoms with Crippen molar-refractivity contribution in [3.63, 3.8) is 0 Å². The van der Waals surface area contributed by atoms with Crippen LogP contribution < -0.4 is 18.9 Å². The zero-order valence-electron chi connectivity index (χ0n) is 28.3. The van der Waals surface area contributed by atoms with Gasteiger partial charge in [-0.2, -0.15) is 0 Å². The van der Waals surface area contributed by atoms with Gasteiger partial charge in [0.15, 0.2) is 0 Å². The predicted molar refractivity (Wildman–Crippen MR) is 185 cm³/mol. The number of piperidine rings is 1. The smallest absolute Gasteiger partial charge is 0.407 e. The van der Waals surface area contributed by atoms with Crippen molar-refractivity contribution in [3.05, 3.63) is 119 Å². The van der Waals surface area contributed by atoms with E-state index in [0.29, 0.717) is 33.0 Å². The molecule has 1 heterocycles. The van der Waals surface area contributed by atoms with Crippen LogP contribution in [0.1, 0.15) is 34.6 Å². The summed E-state index contributed by atoms with van der Waals surface area (Å²) in [6.07, 6.45) is -1.20. The molecule has 1 N–H and O–H groups in total. The van der Waals surface area contributed by atoms with Crippen LogP contribution in [-0.4, -0.2) is 75.9 Å². The Bertz CT molecular complexity index is 1520. The fourth-order valence-electron chi connectivity index (χ4n) is 5.87. The number of likely N-dealkylation sites (tertiary alicyclic amines) is 1. The largest absolute Gasteiger partial charge is 0.497 e. The van der Waals surface area contributed by atoms with E-state index in [9.17, 15) is 9.90 Å². The molecule has 0 aliphatic carbocycles. The van der Waals surface area contributed by atoms with E-state index in [4.69, 9.17) is 33.2 Å². The highest BCUT2D eigenvalue weighted by atomic mass is 16.5. The third-order valence-electron chi connectivity index (χ3n) is 8.54. The highest BCUT2D eigenvalue weighted by Crippen LogP contribution is 2.35. The first kappa shape index (κ1) is 35.5. The Labute approximate surface area is 288 Å². The van der Waals surface area contributed by atoms with E-state index in [1.165, 1.54) is 4.90 Å². The number of hydrogen-bond donors (Lipinski definition) is 1. The van der Waals surface area contributed by atoms with E-state index >= 15 is 0 Å². The molecule has 1 fully saturated rings. The molecule has 49 heavy (non-hydrogen) atoms. The molecule has 2 unspecified atom stereocenters. The van der Waals surface area contributed by atoms with Gasteiger partial charge in [-0.15, -0.1) is 0 Å². The molecule has 0 radical (unpaired) electrons. The van der Waals surface area contributed by atoms with Crippen LogP contribution in [0.15, 0.2) is 97.1 Å². The van der Waals surface area contributed by atoms with Gasteiger partial charge in [0.25, 0.3) is 0 Å². The Morgan fingerprint density at radius 2 is 1.22 bits per heavy atom. The predicted octanol–water partition coefficient (Wildman–Crippen LogP) is 6.95. The maximum Gasteiger partial charge on any atom is 0.407 e. The number of para-hydroxylation sites is 1. The molecule has 5 rings (SSSR count). The first-order valence-corrected chi connectivity index (χ1v) is 16.4. The lowest BCUT2D eigenvalue weighted by Crippen LogP contribution is -2.54. The normalized spacial score (nSPS) is 17.4. The molecule has 10 nitrogen and oxygen atoms in total. The molecule has 1 aliphatic rings. The number of methoxy groups -OCH3 is 3. The molecule has 2 atom stereocenters. The van der Waals surface area contributed by atoms with Crippen molar-refractivity contribution in [2.75, 3.05) is 47.6 Å². The van der Waals surface area contributed by atoms with Crippen molar-refractivity contribution in [2.45, 2.75) is 44.4 Å². The Morgan fingerprint density at radius 3 is 1.76 bits per heavy atom. The van der Waals surface area contributed by atoms with Gasteiger partial charge in [0.1, 0.15) is 23.0 Å². The van der Waals surface area contributed by atoms with Gasteiger partial charge in [-0.05, 0) is 59.2 Å². The number of amides is 1. The topological polar surface area (TPSA) is 105 Å². The van der Waals surface area contributed by atoms with E-state index in [-0.39, 0.29) is 19.0 Å².